The molecule has 28 heavy (non-hydrogen) atoms. The van der Waals surface area contributed by atoms with E-state index < -0.39 is 34.6 Å². The molecule has 1 unspecified atom stereocenters. The van der Waals surface area contributed by atoms with Gasteiger partial charge in [0.05, 0.1) is 5.56 Å². The molecule has 0 heterocycles. The fourth-order valence-corrected chi connectivity index (χ4v) is 3.75. The predicted octanol–water partition coefficient (Wildman–Crippen LogP) is 8.07. The van der Waals surface area contributed by atoms with Crippen molar-refractivity contribution in [2.45, 2.75) is 78.6 Å². The third-order valence-electron chi connectivity index (χ3n) is 5.31. The molecule has 1 aromatic carbocycles. The van der Waals surface area contributed by atoms with Crippen molar-refractivity contribution in [2.24, 2.45) is 5.92 Å². The summed E-state index contributed by atoms with van der Waals surface area (Å²) in [4.78, 5) is 0. The summed E-state index contributed by atoms with van der Waals surface area (Å²) in [5, 5.41) is 0. The lowest BCUT2D eigenvalue weighted by atomic mass is 9.89. The Morgan fingerprint density at radius 2 is 1.18 bits per heavy atom. The summed E-state index contributed by atoms with van der Waals surface area (Å²) in [6, 6.07) is 0. The third kappa shape index (κ3) is 4.49. The smallest absolute Gasteiger partial charge is 0.200 e. The zero-order valence-corrected chi connectivity index (χ0v) is 16.8. The van der Waals surface area contributed by atoms with E-state index in [1.165, 1.54) is 0 Å². The molecule has 1 aliphatic carbocycles. The van der Waals surface area contributed by atoms with Gasteiger partial charge >= 0.3 is 0 Å². The van der Waals surface area contributed by atoms with E-state index in [9.17, 15) is 22.0 Å². The zero-order chi connectivity index (χ0) is 20.8. The number of hydrogen-bond acceptors (Lipinski definition) is 0. The van der Waals surface area contributed by atoms with Gasteiger partial charge in [-0.2, -0.15) is 0 Å². The van der Waals surface area contributed by atoms with E-state index in [2.05, 4.69) is 19.9 Å². The minimum Gasteiger partial charge on any atom is -0.203 e. The lowest BCUT2D eigenvalue weighted by molar-refractivity contribution is 0.376. The summed E-state index contributed by atoms with van der Waals surface area (Å²) in [5.41, 5.74) is 1.03. The highest BCUT2D eigenvalue weighted by atomic mass is 19.2. The molecule has 0 saturated heterocycles. The number of benzene rings is 1. The maximum absolute atomic E-state index is 14.5. The van der Waals surface area contributed by atoms with E-state index in [-0.39, 0.29) is 11.5 Å². The molecule has 0 nitrogen and oxygen atoms in total. The lowest BCUT2D eigenvalue weighted by Crippen LogP contribution is -2.07. The normalized spacial score (nSPS) is 16.9. The topological polar surface area (TPSA) is 0 Å². The SMILES string of the molecule is CCCCC1=C(CCCC)C(CCCC)[C]=C1c1c(F)c(F)c(F)c(F)c1F. The third-order valence-corrected chi connectivity index (χ3v) is 5.31. The van der Waals surface area contributed by atoms with Crippen LogP contribution >= 0.6 is 0 Å². The average molecular weight is 399 g/mol. The van der Waals surface area contributed by atoms with Gasteiger partial charge in [0.2, 0.25) is 5.82 Å². The molecule has 0 spiro atoms. The molecule has 0 saturated carbocycles. The molecule has 5 heteroatoms. The zero-order valence-electron chi connectivity index (χ0n) is 16.8. The quantitative estimate of drug-likeness (QED) is 0.212. The summed E-state index contributed by atoms with van der Waals surface area (Å²) in [6.45, 7) is 6.11. The van der Waals surface area contributed by atoms with Gasteiger partial charge in [0.25, 0.3) is 0 Å². The molecule has 1 aliphatic rings. The summed E-state index contributed by atoms with van der Waals surface area (Å²) >= 11 is 0. The monoisotopic (exact) mass is 399 g/mol. The van der Waals surface area contributed by atoms with E-state index in [1.807, 2.05) is 6.92 Å². The molecular weight excluding hydrogens is 371 g/mol. The van der Waals surface area contributed by atoms with Crippen molar-refractivity contribution in [1.82, 2.24) is 0 Å². The Labute approximate surface area is 164 Å². The van der Waals surface area contributed by atoms with Crippen LogP contribution in [0.15, 0.2) is 11.1 Å². The Bertz CT molecular complexity index is 732. The van der Waals surface area contributed by atoms with Crippen LogP contribution in [0.5, 0.6) is 0 Å². The molecule has 1 radical (unpaired) electrons. The van der Waals surface area contributed by atoms with Gasteiger partial charge in [-0.1, -0.05) is 52.0 Å². The number of allylic oxidation sites excluding steroid dienone is 4. The Kier molecular flexibility index (Phi) is 8.26. The first-order valence-electron chi connectivity index (χ1n) is 10.3. The minimum atomic E-state index is -2.12. The van der Waals surface area contributed by atoms with Crippen molar-refractivity contribution in [3.8, 4) is 0 Å². The molecule has 155 valence electrons. The van der Waals surface area contributed by atoms with Crippen LogP contribution in [0.25, 0.3) is 5.57 Å². The Hall–Kier alpha value is -1.65. The Morgan fingerprint density at radius 1 is 0.679 bits per heavy atom. The van der Waals surface area contributed by atoms with Crippen LogP contribution in [0.1, 0.15) is 84.1 Å². The van der Waals surface area contributed by atoms with E-state index >= 15 is 0 Å². The highest BCUT2D eigenvalue weighted by Gasteiger charge is 2.33. The summed E-state index contributed by atoms with van der Waals surface area (Å²) in [6.07, 6.45) is 10.6. The highest BCUT2D eigenvalue weighted by molar-refractivity contribution is 5.82. The first-order valence-corrected chi connectivity index (χ1v) is 10.3. The van der Waals surface area contributed by atoms with E-state index in [0.717, 1.165) is 62.5 Å². The molecule has 0 bridgehead atoms. The van der Waals surface area contributed by atoms with Crippen LogP contribution < -0.4 is 0 Å². The van der Waals surface area contributed by atoms with Crippen molar-refractivity contribution in [1.29, 1.82) is 0 Å². The number of unbranched alkanes of at least 4 members (excludes halogenated alkanes) is 3. The summed E-state index contributed by atoms with van der Waals surface area (Å²) < 4.78 is 70.1. The van der Waals surface area contributed by atoms with Gasteiger partial charge in [-0.15, -0.1) is 0 Å². The van der Waals surface area contributed by atoms with Crippen LogP contribution in [-0.2, 0) is 0 Å². The fourth-order valence-electron chi connectivity index (χ4n) is 3.75. The van der Waals surface area contributed by atoms with Crippen molar-refractivity contribution in [2.75, 3.05) is 0 Å². The van der Waals surface area contributed by atoms with Gasteiger partial charge in [-0.25, -0.2) is 22.0 Å². The Morgan fingerprint density at radius 3 is 1.71 bits per heavy atom. The lowest BCUT2D eigenvalue weighted by Gasteiger charge is -2.17. The van der Waals surface area contributed by atoms with Crippen molar-refractivity contribution in [3.63, 3.8) is 0 Å². The number of halogens is 5. The molecule has 0 fully saturated rings. The van der Waals surface area contributed by atoms with Gasteiger partial charge in [0.15, 0.2) is 23.3 Å². The Balaban J connectivity index is 2.64. The second kappa shape index (κ2) is 10.2. The second-order valence-electron chi connectivity index (χ2n) is 7.37. The molecule has 0 aromatic heterocycles. The van der Waals surface area contributed by atoms with Gasteiger partial charge < -0.3 is 0 Å². The molecule has 1 aromatic rings. The second-order valence-corrected chi connectivity index (χ2v) is 7.37. The van der Waals surface area contributed by atoms with Gasteiger partial charge in [0, 0.05) is 5.92 Å². The molecule has 0 aliphatic heterocycles. The predicted molar refractivity (Wildman–Crippen MR) is 102 cm³/mol. The summed E-state index contributed by atoms with van der Waals surface area (Å²) in [7, 11) is 0. The maximum Gasteiger partial charge on any atom is 0.200 e. The molecular formula is C23H28F5. The maximum atomic E-state index is 14.5. The van der Waals surface area contributed by atoms with Crippen LogP contribution in [0.2, 0.25) is 0 Å². The fraction of sp³-hybridized carbons (Fsp3) is 0.565. The molecule has 1 atom stereocenters. The van der Waals surface area contributed by atoms with Crippen LogP contribution in [-0.4, -0.2) is 0 Å². The van der Waals surface area contributed by atoms with Crippen LogP contribution in [0.3, 0.4) is 0 Å². The number of hydrogen-bond donors (Lipinski definition) is 0. The molecule has 0 N–H and O–H groups in total. The van der Waals surface area contributed by atoms with Crippen molar-refractivity contribution < 1.29 is 22.0 Å². The van der Waals surface area contributed by atoms with Crippen molar-refractivity contribution >= 4 is 5.57 Å². The van der Waals surface area contributed by atoms with E-state index in [4.69, 9.17) is 0 Å². The van der Waals surface area contributed by atoms with Gasteiger partial charge in [0.1, 0.15) is 0 Å². The van der Waals surface area contributed by atoms with Crippen LogP contribution in [0, 0.1) is 41.1 Å². The standard InChI is InChI=1S/C23H28F5/c1-4-7-10-14-13-17(16(12-9-6-3)15(14)11-8-5-2)18-19(24)21(26)23(28)22(27)20(18)25/h14H,4-12H2,1-3H3. The van der Waals surface area contributed by atoms with Crippen LogP contribution in [0.4, 0.5) is 22.0 Å². The largest absolute Gasteiger partial charge is 0.203 e. The van der Waals surface area contributed by atoms with E-state index in [0.29, 0.717) is 6.42 Å². The average Bonchev–Trinajstić information content (AvgIpc) is 3.03. The summed E-state index contributed by atoms with van der Waals surface area (Å²) in [5.74, 6) is -9.57. The van der Waals surface area contributed by atoms with Gasteiger partial charge in [-0.05, 0) is 49.3 Å². The first kappa shape index (κ1) is 22.6. The number of rotatable bonds is 10. The molecule has 2 rings (SSSR count). The van der Waals surface area contributed by atoms with Gasteiger partial charge in [-0.3, -0.25) is 0 Å². The molecule has 0 amide bonds. The van der Waals surface area contributed by atoms with Crippen molar-refractivity contribution in [3.05, 3.63) is 51.9 Å². The first-order chi connectivity index (χ1) is 13.4. The van der Waals surface area contributed by atoms with E-state index in [1.54, 1.807) is 0 Å². The minimum absolute atomic E-state index is 0.0773. The highest BCUT2D eigenvalue weighted by Crippen LogP contribution is 2.45.